The quantitative estimate of drug-likeness (QED) is 0.793. The monoisotopic (exact) mass is 409 g/mol. The predicted molar refractivity (Wildman–Crippen MR) is 107 cm³/mol. The van der Waals surface area contributed by atoms with E-state index in [9.17, 15) is 13.2 Å². The van der Waals surface area contributed by atoms with E-state index in [1.54, 1.807) is 35.6 Å². The number of amidine groups is 1. The molecule has 1 aliphatic rings. The molecular formula is C17H19N3O3S3. The van der Waals surface area contributed by atoms with Gasteiger partial charge in [-0.3, -0.25) is 4.79 Å². The van der Waals surface area contributed by atoms with Crippen molar-refractivity contribution in [3.63, 3.8) is 0 Å². The maximum atomic E-state index is 12.4. The second-order valence-corrected chi connectivity index (χ2v) is 9.16. The molecule has 1 N–H and O–H groups in total. The molecule has 0 fully saturated rings. The number of amides is 1. The highest BCUT2D eigenvalue weighted by Gasteiger charge is 2.30. The summed E-state index contributed by atoms with van der Waals surface area (Å²) >= 11 is 2.72. The molecule has 26 heavy (non-hydrogen) atoms. The Hall–Kier alpha value is -1.84. The summed E-state index contributed by atoms with van der Waals surface area (Å²) in [6, 6.07) is 10.7. The van der Waals surface area contributed by atoms with E-state index in [-0.39, 0.29) is 16.6 Å². The van der Waals surface area contributed by atoms with Gasteiger partial charge in [-0.05, 0) is 30.0 Å². The molecule has 9 heteroatoms. The van der Waals surface area contributed by atoms with Gasteiger partial charge in [0.05, 0.1) is 18.0 Å². The van der Waals surface area contributed by atoms with Crippen LogP contribution in [0.3, 0.4) is 0 Å². The average Bonchev–Trinajstić information content (AvgIpc) is 3.14. The van der Waals surface area contributed by atoms with Crippen molar-refractivity contribution in [2.75, 3.05) is 17.2 Å². The first-order valence-corrected chi connectivity index (χ1v) is 11.4. The largest absolute Gasteiger partial charge is 0.350 e. The minimum Gasteiger partial charge on any atom is -0.350 e. The number of thiophene rings is 1. The number of sulfonamides is 1. The number of fused-ring (bicyclic) bond motifs is 1. The van der Waals surface area contributed by atoms with Crippen molar-refractivity contribution in [2.45, 2.75) is 24.8 Å². The van der Waals surface area contributed by atoms with Crippen molar-refractivity contribution in [3.05, 3.63) is 46.7 Å². The number of hydrogen-bond donors (Lipinski definition) is 1. The van der Waals surface area contributed by atoms with Gasteiger partial charge in [0.15, 0.2) is 5.17 Å². The van der Waals surface area contributed by atoms with Crippen LogP contribution in [0.25, 0.3) is 0 Å². The molecule has 0 saturated carbocycles. The fourth-order valence-electron chi connectivity index (χ4n) is 2.53. The summed E-state index contributed by atoms with van der Waals surface area (Å²) in [5.74, 6) is -0.0407. The lowest BCUT2D eigenvalue weighted by atomic mass is 10.3. The molecule has 1 aromatic carbocycles. The standard InChI is InChI=1S/C17H19N3O3S3/c1-2-9-20-14-7-3-4-8-15(14)26(22,23)19-17(20)25-12-16(21)18-11-13-6-5-10-24-13/h3-8,10H,2,9,11-12H2,1H3,(H,18,21). The van der Waals surface area contributed by atoms with Gasteiger partial charge in [0.2, 0.25) is 5.91 Å². The number of nitrogens with one attached hydrogen (secondary N) is 1. The van der Waals surface area contributed by atoms with Crippen molar-refractivity contribution in [3.8, 4) is 0 Å². The summed E-state index contributed by atoms with van der Waals surface area (Å²) in [5.41, 5.74) is 0.617. The van der Waals surface area contributed by atoms with Crippen molar-refractivity contribution < 1.29 is 13.2 Å². The third kappa shape index (κ3) is 4.28. The first-order valence-electron chi connectivity index (χ1n) is 8.14. The van der Waals surface area contributed by atoms with Crippen LogP contribution in [0.15, 0.2) is 51.1 Å². The molecule has 0 saturated heterocycles. The third-order valence-corrected chi connectivity index (χ3v) is 6.97. The van der Waals surface area contributed by atoms with Crippen molar-refractivity contribution in [2.24, 2.45) is 4.40 Å². The molecule has 0 radical (unpaired) electrons. The first kappa shape index (κ1) is 18.9. The molecule has 0 bridgehead atoms. The molecule has 1 aliphatic heterocycles. The van der Waals surface area contributed by atoms with Crippen LogP contribution in [0.2, 0.25) is 0 Å². The Kier molecular flexibility index (Phi) is 6.00. The van der Waals surface area contributed by atoms with Crippen LogP contribution in [0, 0.1) is 0 Å². The maximum absolute atomic E-state index is 12.4. The second-order valence-electron chi connectivity index (χ2n) is 5.61. The molecule has 3 rings (SSSR count). The summed E-state index contributed by atoms with van der Waals surface area (Å²) in [4.78, 5) is 15.3. The Labute approximate surface area is 161 Å². The van der Waals surface area contributed by atoms with E-state index < -0.39 is 10.0 Å². The summed E-state index contributed by atoms with van der Waals surface area (Å²) in [6.07, 6.45) is 0.832. The minimum absolute atomic E-state index is 0.113. The van der Waals surface area contributed by atoms with Gasteiger partial charge < -0.3 is 10.2 Å². The van der Waals surface area contributed by atoms with E-state index in [0.29, 0.717) is 23.9 Å². The molecule has 1 aromatic heterocycles. The van der Waals surface area contributed by atoms with Crippen LogP contribution in [0.1, 0.15) is 18.2 Å². The van der Waals surface area contributed by atoms with Crippen molar-refractivity contribution >= 4 is 49.9 Å². The molecule has 0 unspecified atom stereocenters. The Bertz CT molecular complexity index is 908. The Morgan fingerprint density at radius 1 is 1.27 bits per heavy atom. The maximum Gasteiger partial charge on any atom is 0.286 e. The van der Waals surface area contributed by atoms with E-state index in [0.717, 1.165) is 23.1 Å². The normalized spacial score (nSPS) is 15.3. The van der Waals surface area contributed by atoms with Gasteiger partial charge in [-0.25, -0.2) is 0 Å². The summed E-state index contributed by atoms with van der Waals surface area (Å²) in [7, 11) is -3.74. The summed E-state index contributed by atoms with van der Waals surface area (Å²) in [5, 5.41) is 5.14. The van der Waals surface area contributed by atoms with Gasteiger partial charge >= 0.3 is 0 Å². The number of anilines is 1. The minimum atomic E-state index is -3.74. The Morgan fingerprint density at radius 2 is 2.08 bits per heavy atom. The smallest absolute Gasteiger partial charge is 0.286 e. The molecule has 6 nitrogen and oxygen atoms in total. The van der Waals surface area contributed by atoms with Gasteiger partial charge in [0, 0.05) is 11.4 Å². The lowest BCUT2D eigenvalue weighted by Gasteiger charge is -2.29. The van der Waals surface area contributed by atoms with Gasteiger partial charge in [-0.1, -0.05) is 36.9 Å². The van der Waals surface area contributed by atoms with Gasteiger partial charge in [-0.2, -0.15) is 8.42 Å². The SMILES string of the molecule is CCCN1C(SCC(=O)NCc2cccs2)=NS(=O)(=O)c2ccccc21. The molecule has 0 atom stereocenters. The van der Waals surface area contributed by atoms with Crippen LogP contribution >= 0.6 is 23.1 Å². The highest BCUT2D eigenvalue weighted by Crippen LogP contribution is 2.34. The van der Waals surface area contributed by atoms with E-state index in [1.165, 1.54) is 0 Å². The number of carbonyl (C=O) groups excluding carboxylic acids is 1. The molecule has 1 amide bonds. The number of carbonyl (C=O) groups is 1. The zero-order valence-corrected chi connectivity index (χ0v) is 16.7. The highest BCUT2D eigenvalue weighted by atomic mass is 32.2. The van der Waals surface area contributed by atoms with Crippen LogP contribution in [0.5, 0.6) is 0 Å². The lowest BCUT2D eigenvalue weighted by Crippen LogP contribution is -2.36. The predicted octanol–water partition coefficient (Wildman–Crippen LogP) is 3.07. The van der Waals surface area contributed by atoms with Crippen LogP contribution in [0.4, 0.5) is 5.69 Å². The molecule has 2 aromatic rings. The zero-order chi connectivity index (χ0) is 18.6. The van der Waals surface area contributed by atoms with E-state index >= 15 is 0 Å². The third-order valence-electron chi connectivity index (χ3n) is 3.68. The van der Waals surface area contributed by atoms with E-state index in [4.69, 9.17) is 0 Å². The fraction of sp³-hybridized carbons (Fsp3) is 0.294. The zero-order valence-electron chi connectivity index (χ0n) is 14.2. The first-order chi connectivity index (χ1) is 12.5. The number of nitrogens with zero attached hydrogens (tertiary/aromatic N) is 2. The fourth-order valence-corrected chi connectivity index (χ4v) is 5.48. The molecule has 138 valence electrons. The lowest BCUT2D eigenvalue weighted by molar-refractivity contribution is -0.118. The number of rotatable bonds is 6. The molecule has 0 aliphatic carbocycles. The van der Waals surface area contributed by atoms with Crippen molar-refractivity contribution in [1.29, 1.82) is 0 Å². The highest BCUT2D eigenvalue weighted by molar-refractivity contribution is 8.15. The van der Waals surface area contributed by atoms with E-state index in [1.807, 2.05) is 29.3 Å². The van der Waals surface area contributed by atoms with Gasteiger partial charge in [-0.15, -0.1) is 15.7 Å². The van der Waals surface area contributed by atoms with Crippen LogP contribution in [-0.4, -0.2) is 31.8 Å². The number of thioether (sulfide) groups is 1. The molecular weight excluding hydrogens is 390 g/mol. The van der Waals surface area contributed by atoms with E-state index in [2.05, 4.69) is 9.71 Å². The second kappa shape index (κ2) is 8.24. The molecule has 2 heterocycles. The Balaban J connectivity index is 1.71. The van der Waals surface area contributed by atoms with Crippen LogP contribution in [-0.2, 0) is 21.4 Å². The van der Waals surface area contributed by atoms with Crippen LogP contribution < -0.4 is 10.2 Å². The average molecular weight is 410 g/mol. The van der Waals surface area contributed by atoms with Gasteiger partial charge in [0.1, 0.15) is 4.90 Å². The van der Waals surface area contributed by atoms with Crippen molar-refractivity contribution in [1.82, 2.24) is 5.32 Å². The summed E-state index contributed by atoms with van der Waals surface area (Å²) < 4.78 is 28.8. The number of hydrogen-bond acceptors (Lipinski definition) is 6. The Morgan fingerprint density at radius 3 is 2.81 bits per heavy atom. The topological polar surface area (TPSA) is 78.8 Å². The number of benzene rings is 1. The summed E-state index contributed by atoms with van der Waals surface area (Å²) in [6.45, 7) is 3.13. The number of para-hydroxylation sites is 1. The van der Waals surface area contributed by atoms with Gasteiger partial charge in [0.25, 0.3) is 10.0 Å². The molecule has 0 spiro atoms.